The van der Waals surface area contributed by atoms with Crippen LogP contribution in [0.5, 0.6) is 5.75 Å². The molecule has 0 spiro atoms. The molecular formula is C23H25IOS3. The van der Waals surface area contributed by atoms with E-state index in [0.717, 1.165) is 25.2 Å². The lowest BCUT2D eigenvalue weighted by atomic mass is 9.97. The summed E-state index contributed by atoms with van der Waals surface area (Å²) in [5, 5.41) is 2.49. The van der Waals surface area contributed by atoms with Crippen molar-refractivity contribution in [3.63, 3.8) is 0 Å². The lowest BCUT2D eigenvalue weighted by Gasteiger charge is -2.17. The van der Waals surface area contributed by atoms with Crippen LogP contribution in [0.1, 0.15) is 19.8 Å². The fourth-order valence-electron chi connectivity index (χ4n) is 3.18. The van der Waals surface area contributed by atoms with Crippen LogP contribution in [0.25, 0.3) is 21.9 Å². The molecule has 0 unspecified atom stereocenters. The summed E-state index contributed by atoms with van der Waals surface area (Å²) in [5.41, 5.74) is 2.56. The first kappa shape index (κ1) is 22.2. The van der Waals surface area contributed by atoms with Gasteiger partial charge in [-0.25, -0.2) is 0 Å². The summed E-state index contributed by atoms with van der Waals surface area (Å²) in [5.74, 6) is 1.00. The molecule has 0 fully saturated rings. The molecule has 28 heavy (non-hydrogen) atoms. The van der Waals surface area contributed by atoms with Gasteiger partial charge in [-0.3, -0.25) is 0 Å². The first-order valence-electron chi connectivity index (χ1n) is 9.28. The molecule has 0 saturated carbocycles. The molecule has 3 aromatic rings. The van der Waals surface area contributed by atoms with Crippen LogP contribution in [0, 0.1) is 3.57 Å². The van der Waals surface area contributed by atoms with Crippen LogP contribution in [0.4, 0.5) is 0 Å². The molecule has 0 heterocycles. The number of ether oxygens (including phenoxy) is 1. The number of fused-ring (bicyclic) bond motifs is 1. The van der Waals surface area contributed by atoms with E-state index in [-0.39, 0.29) is 0 Å². The average Bonchev–Trinajstić information content (AvgIpc) is 2.73. The molecule has 0 radical (unpaired) electrons. The van der Waals surface area contributed by atoms with E-state index in [1.807, 2.05) is 11.8 Å². The largest absolute Gasteiger partial charge is 0.493 e. The van der Waals surface area contributed by atoms with Crippen molar-refractivity contribution in [2.75, 3.05) is 25.4 Å². The molecule has 0 saturated heterocycles. The van der Waals surface area contributed by atoms with E-state index >= 15 is 0 Å². The van der Waals surface area contributed by atoms with Crippen LogP contribution in [0.3, 0.4) is 0 Å². The predicted molar refractivity (Wildman–Crippen MR) is 138 cm³/mol. The number of rotatable bonds is 8. The SMILES string of the molecule is CCCCOc1cc(I)c(-c2ccc(SC)cc2)c2cc(SC)c(SC)cc12. The van der Waals surface area contributed by atoms with Crippen molar-refractivity contribution in [3.05, 3.63) is 46.0 Å². The molecule has 0 aromatic heterocycles. The van der Waals surface area contributed by atoms with Gasteiger partial charge >= 0.3 is 0 Å². The van der Waals surface area contributed by atoms with Crippen LogP contribution in [-0.4, -0.2) is 25.4 Å². The van der Waals surface area contributed by atoms with E-state index in [1.165, 1.54) is 40.2 Å². The number of unbranched alkanes of at least 4 members (excludes halogenated alkanes) is 1. The average molecular weight is 541 g/mol. The monoisotopic (exact) mass is 540 g/mol. The lowest BCUT2D eigenvalue weighted by molar-refractivity contribution is 0.313. The van der Waals surface area contributed by atoms with Gasteiger partial charge in [-0.05, 0) is 89.1 Å². The summed E-state index contributed by atoms with van der Waals surface area (Å²) < 4.78 is 7.45. The Morgan fingerprint density at radius 2 is 1.50 bits per heavy atom. The Morgan fingerprint density at radius 1 is 0.857 bits per heavy atom. The van der Waals surface area contributed by atoms with Gasteiger partial charge in [0.1, 0.15) is 5.75 Å². The number of benzene rings is 3. The summed E-state index contributed by atoms with van der Waals surface area (Å²) in [4.78, 5) is 3.92. The van der Waals surface area contributed by atoms with E-state index in [0.29, 0.717) is 0 Å². The molecule has 3 rings (SSSR count). The molecule has 0 N–H and O–H groups in total. The lowest BCUT2D eigenvalue weighted by Crippen LogP contribution is -1.99. The van der Waals surface area contributed by atoms with Crippen molar-refractivity contribution in [1.29, 1.82) is 0 Å². The Hall–Kier alpha value is -0.500. The first-order valence-corrected chi connectivity index (χ1v) is 14.0. The number of thioether (sulfide) groups is 3. The fraction of sp³-hybridized carbons (Fsp3) is 0.304. The summed E-state index contributed by atoms with van der Waals surface area (Å²) in [7, 11) is 0. The zero-order chi connectivity index (χ0) is 20.1. The van der Waals surface area contributed by atoms with Crippen molar-refractivity contribution in [1.82, 2.24) is 0 Å². The zero-order valence-corrected chi connectivity index (χ0v) is 21.3. The van der Waals surface area contributed by atoms with E-state index < -0.39 is 0 Å². The van der Waals surface area contributed by atoms with Crippen LogP contribution in [0.15, 0.2) is 57.2 Å². The van der Waals surface area contributed by atoms with Gasteiger partial charge in [0.2, 0.25) is 0 Å². The van der Waals surface area contributed by atoms with E-state index in [2.05, 4.69) is 90.7 Å². The van der Waals surface area contributed by atoms with Gasteiger partial charge in [0.15, 0.2) is 0 Å². The highest BCUT2D eigenvalue weighted by Crippen LogP contribution is 2.43. The molecule has 0 aliphatic rings. The molecule has 0 bridgehead atoms. The van der Waals surface area contributed by atoms with Gasteiger partial charge in [-0.2, -0.15) is 0 Å². The highest BCUT2D eigenvalue weighted by atomic mass is 127. The quantitative estimate of drug-likeness (QED) is 0.161. The number of hydrogen-bond donors (Lipinski definition) is 0. The Bertz CT molecular complexity index is 954. The van der Waals surface area contributed by atoms with Crippen LogP contribution < -0.4 is 4.74 Å². The fourth-order valence-corrected chi connectivity index (χ4v) is 5.96. The molecule has 0 aliphatic carbocycles. The Labute approximate surface area is 194 Å². The second-order valence-electron chi connectivity index (χ2n) is 6.41. The normalized spacial score (nSPS) is 11.2. The molecular weight excluding hydrogens is 515 g/mol. The molecule has 0 aliphatic heterocycles. The third kappa shape index (κ3) is 4.79. The van der Waals surface area contributed by atoms with E-state index in [9.17, 15) is 0 Å². The third-order valence-corrected chi connectivity index (χ3v) is 7.97. The smallest absolute Gasteiger partial charge is 0.128 e. The molecule has 0 amide bonds. The van der Waals surface area contributed by atoms with Gasteiger partial charge in [0, 0.05) is 29.2 Å². The van der Waals surface area contributed by atoms with Crippen LogP contribution in [-0.2, 0) is 0 Å². The third-order valence-electron chi connectivity index (χ3n) is 4.69. The van der Waals surface area contributed by atoms with Crippen molar-refractivity contribution < 1.29 is 4.74 Å². The van der Waals surface area contributed by atoms with Gasteiger partial charge < -0.3 is 4.74 Å². The summed E-state index contributed by atoms with van der Waals surface area (Å²) in [6.45, 7) is 2.96. The minimum absolute atomic E-state index is 0.766. The first-order chi connectivity index (χ1) is 13.6. The minimum Gasteiger partial charge on any atom is -0.493 e. The molecule has 3 aromatic carbocycles. The van der Waals surface area contributed by atoms with Gasteiger partial charge in [-0.1, -0.05) is 25.5 Å². The maximum Gasteiger partial charge on any atom is 0.128 e. The van der Waals surface area contributed by atoms with E-state index in [1.54, 1.807) is 23.5 Å². The molecule has 148 valence electrons. The number of halogens is 1. The van der Waals surface area contributed by atoms with Crippen molar-refractivity contribution in [2.45, 2.75) is 34.5 Å². The summed E-state index contributed by atoms with van der Waals surface area (Å²) >= 11 is 7.85. The summed E-state index contributed by atoms with van der Waals surface area (Å²) in [6.07, 6.45) is 8.63. The van der Waals surface area contributed by atoms with Crippen LogP contribution in [0.2, 0.25) is 0 Å². The maximum atomic E-state index is 6.22. The van der Waals surface area contributed by atoms with Crippen molar-refractivity contribution in [3.8, 4) is 16.9 Å². The Morgan fingerprint density at radius 3 is 2.07 bits per heavy atom. The second kappa shape index (κ2) is 10.5. The Kier molecular flexibility index (Phi) is 8.33. The standard InChI is InChI=1S/C23H25IOS3/c1-5-6-11-25-20-14-19(24)23(15-7-9-16(26-2)10-8-15)18-13-22(28-4)21(27-3)12-17(18)20/h7-10,12-14H,5-6,11H2,1-4H3. The minimum atomic E-state index is 0.766. The predicted octanol–water partition coefficient (Wildman–Crippen LogP) is 8.46. The van der Waals surface area contributed by atoms with Crippen molar-refractivity contribution >= 4 is 68.6 Å². The number of hydrogen-bond acceptors (Lipinski definition) is 4. The van der Waals surface area contributed by atoms with Gasteiger partial charge in [0.25, 0.3) is 0 Å². The van der Waals surface area contributed by atoms with Crippen molar-refractivity contribution in [2.24, 2.45) is 0 Å². The highest BCUT2D eigenvalue weighted by Gasteiger charge is 2.16. The Balaban J connectivity index is 2.24. The van der Waals surface area contributed by atoms with Crippen LogP contribution >= 0.6 is 57.9 Å². The molecule has 0 atom stereocenters. The van der Waals surface area contributed by atoms with Gasteiger partial charge in [-0.15, -0.1) is 35.3 Å². The molecule has 1 nitrogen and oxygen atoms in total. The highest BCUT2D eigenvalue weighted by molar-refractivity contribution is 14.1. The van der Waals surface area contributed by atoms with Gasteiger partial charge in [0.05, 0.1) is 6.61 Å². The zero-order valence-electron chi connectivity index (χ0n) is 16.7. The maximum absolute atomic E-state index is 6.22. The summed E-state index contributed by atoms with van der Waals surface area (Å²) in [6, 6.07) is 15.8. The topological polar surface area (TPSA) is 9.23 Å². The second-order valence-corrected chi connectivity index (χ2v) is 10.2. The van der Waals surface area contributed by atoms with E-state index in [4.69, 9.17) is 4.74 Å². The molecule has 5 heteroatoms.